The van der Waals surface area contributed by atoms with Gasteiger partial charge in [0, 0.05) is 32.7 Å². The molecule has 0 aliphatic carbocycles. The molecule has 2 aliphatic rings. The van der Waals surface area contributed by atoms with Crippen LogP contribution in [-0.2, 0) is 14.3 Å². The summed E-state index contributed by atoms with van der Waals surface area (Å²) in [6.45, 7) is 4.89. The van der Waals surface area contributed by atoms with Gasteiger partial charge >= 0.3 is 0 Å². The third kappa shape index (κ3) is 4.21. The zero-order chi connectivity index (χ0) is 17.6. The SMILES string of the molecule is CCN1C(=O)CC[C@@H](C(=O)NCC2CCOCC2)[C@@H]1c1ccccc1. The van der Waals surface area contributed by atoms with Crippen LogP contribution in [0.3, 0.4) is 0 Å². The number of benzene rings is 1. The minimum atomic E-state index is -0.181. The first-order valence-electron chi connectivity index (χ1n) is 9.40. The molecule has 2 amide bonds. The molecule has 2 aliphatic heterocycles. The van der Waals surface area contributed by atoms with Crippen molar-refractivity contribution in [2.24, 2.45) is 11.8 Å². The maximum atomic E-state index is 12.9. The van der Waals surface area contributed by atoms with Crippen molar-refractivity contribution in [3.05, 3.63) is 35.9 Å². The zero-order valence-electron chi connectivity index (χ0n) is 14.9. The van der Waals surface area contributed by atoms with E-state index < -0.39 is 0 Å². The Morgan fingerprint density at radius 2 is 1.92 bits per heavy atom. The lowest BCUT2D eigenvalue weighted by atomic mass is 9.83. The molecule has 1 aromatic carbocycles. The van der Waals surface area contributed by atoms with Gasteiger partial charge in [0.05, 0.1) is 12.0 Å². The fourth-order valence-corrected chi connectivity index (χ4v) is 3.99. The highest BCUT2D eigenvalue weighted by molar-refractivity contribution is 5.85. The maximum Gasteiger partial charge on any atom is 0.225 e. The van der Waals surface area contributed by atoms with Gasteiger partial charge in [0.15, 0.2) is 0 Å². The second kappa shape index (κ2) is 8.48. The first-order valence-corrected chi connectivity index (χ1v) is 9.40. The minimum absolute atomic E-state index is 0.0753. The molecule has 5 heteroatoms. The van der Waals surface area contributed by atoms with Crippen LogP contribution in [-0.4, -0.2) is 43.0 Å². The molecule has 136 valence electrons. The van der Waals surface area contributed by atoms with E-state index in [9.17, 15) is 9.59 Å². The lowest BCUT2D eigenvalue weighted by Crippen LogP contribution is -2.48. The van der Waals surface area contributed by atoms with Crippen molar-refractivity contribution in [1.82, 2.24) is 10.2 Å². The summed E-state index contributed by atoms with van der Waals surface area (Å²) in [4.78, 5) is 27.1. The quantitative estimate of drug-likeness (QED) is 0.893. The van der Waals surface area contributed by atoms with E-state index in [2.05, 4.69) is 5.32 Å². The molecule has 0 radical (unpaired) electrons. The van der Waals surface area contributed by atoms with Gasteiger partial charge in [-0.3, -0.25) is 9.59 Å². The summed E-state index contributed by atoms with van der Waals surface area (Å²) in [6.07, 6.45) is 3.08. The molecule has 25 heavy (non-hydrogen) atoms. The van der Waals surface area contributed by atoms with E-state index >= 15 is 0 Å². The van der Waals surface area contributed by atoms with Gasteiger partial charge in [-0.25, -0.2) is 0 Å². The van der Waals surface area contributed by atoms with Crippen LogP contribution in [0.5, 0.6) is 0 Å². The number of hydrogen-bond acceptors (Lipinski definition) is 3. The van der Waals surface area contributed by atoms with Gasteiger partial charge in [0.1, 0.15) is 0 Å². The Hall–Kier alpha value is -1.88. The summed E-state index contributed by atoms with van der Waals surface area (Å²) >= 11 is 0. The summed E-state index contributed by atoms with van der Waals surface area (Å²) in [6, 6.07) is 9.78. The monoisotopic (exact) mass is 344 g/mol. The normalized spacial score (nSPS) is 25.0. The topological polar surface area (TPSA) is 58.6 Å². The highest BCUT2D eigenvalue weighted by Gasteiger charge is 2.39. The Bertz CT molecular complexity index is 584. The van der Waals surface area contributed by atoms with Gasteiger partial charge in [-0.05, 0) is 37.7 Å². The second-order valence-corrected chi connectivity index (χ2v) is 6.98. The molecule has 1 aromatic rings. The molecule has 0 spiro atoms. The van der Waals surface area contributed by atoms with E-state index in [1.54, 1.807) is 0 Å². The molecule has 2 saturated heterocycles. The summed E-state index contributed by atoms with van der Waals surface area (Å²) in [5.41, 5.74) is 1.05. The number of nitrogens with zero attached hydrogens (tertiary/aromatic N) is 1. The van der Waals surface area contributed by atoms with Gasteiger partial charge in [-0.2, -0.15) is 0 Å². The van der Waals surface area contributed by atoms with Crippen molar-refractivity contribution >= 4 is 11.8 Å². The molecule has 2 fully saturated rings. The van der Waals surface area contributed by atoms with Crippen molar-refractivity contribution in [2.45, 2.75) is 38.6 Å². The third-order valence-corrected chi connectivity index (χ3v) is 5.43. The van der Waals surface area contributed by atoms with Gasteiger partial charge < -0.3 is 15.0 Å². The van der Waals surface area contributed by atoms with E-state index in [4.69, 9.17) is 4.74 Å². The molecule has 2 atom stereocenters. The van der Waals surface area contributed by atoms with Gasteiger partial charge in [-0.15, -0.1) is 0 Å². The molecule has 3 rings (SSSR count). The van der Waals surface area contributed by atoms with E-state index in [1.807, 2.05) is 42.2 Å². The van der Waals surface area contributed by atoms with Crippen molar-refractivity contribution in [3.8, 4) is 0 Å². The van der Waals surface area contributed by atoms with Gasteiger partial charge in [0.2, 0.25) is 11.8 Å². The van der Waals surface area contributed by atoms with E-state index in [0.29, 0.717) is 31.8 Å². The number of amides is 2. The molecule has 0 aromatic heterocycles. The molecule has 2 heterocycles. The summed E-state index contributed by atoms with van der Waals surface area (Å²) in [5.74, 6) is 0.538. The number of carbonyl (C=O) groups excluding carboxylic acids is 2. The number of piperidine rings is 1. The zero-order valence-corrected chi connectivity index (χ0v) is 14.9. The van der Waals surface area contributed by atoms with Crippen molar-refractivity contribution in [3.63, 3.8) is 0 Å². The highest BCUT2D eigenvalue weighted by atomic mass is 16.5. The Morgan fingerprint density at radius 3 is 2.60 bits per heavy atom. The second-order valence-electron chi connectivity index (χ2n) is 6.98. The van der Waals surface area contributed by atoms with Crippen LogP contribution < -0.4 is 5.32 Å². The smallest absolute Gasteiger partial charge is 0.225 e. The predicted molar refractivity (Wildman–Crippen MR) is 95.8 cm³/mol. The fourth-order valence-electron chi connectivity index (χ4n) is 3.99. The van der Waals surface area contributed by atoms with Crippen LogP contribution in [0.15, 0.2) is 30.3 Å². The predicted octanol–water partition coefficient (Wildman–Crippen LogP) is 2.53. The van der Waals surface area contributed by atoms with Crippen LogP contribution in [0, 0.1) is 11.8 Å². The number of hydrogen-bond donors (Lipinski definition) is 1. The highest BCUT2D eigenvalue weighted by Crippen LogP contribution is 2.36. The Morgan fingerprint density at radius 1 is 1.20 bits per heavy atom. The van der Waals surface area contributed by atoms with E-state index in [1.165, 1.54) is 0 Å². The summed E-state index contributed by atoms with van der Waals surface area (Å²) in [7, 11) is 0. The Kier molecular flexibility index (Phi) is 6.08. The molecular formula is C20H28N2O3. The van der Waals surface area contributed by atoms with E-state index in [-0.39, 0.29) is 23.8 Å². The molecule has 0 unspecified atom stereocenters. The minimum Gasteiger partial charge on any atom is -0.381 e. The molecule has 0 bridgehead atoms. The summed E-state index contributed by atoms with van der Waals surface area (Å²) in [5, 5.41) is 3.15. The molecular weight excluding hydrogens is 316 g/mol. The third-order valence-electron chi connectivity index (χ3n) is 5.43. The first kappa shape index (κ1) is 17.9. The number of rotatable bonds is 5. The number of ether oxygens (including phenoxy) is 1. The number of nitrogens with one attached hydrogen (secondary N) is 1. The van der Waals surface area contributed by atoms with Crippen LogP contribution in [0.1, 0.15) is 44.2 Å². The number of carbonyl (C=O) groups is 2. The lowest BCUT2D eigenvalue weighted by Gasteiger charge is -2.40. The lowest BCUT2D eigenvalue weighted by molar-refractivity contribution is -0.143. The van der Waals surface area contributed by atoms with Crippen LogP contribution in [0.25, 0.3) is 0 Å². The van der Waals surface area contributed by atoms with E-state index in [0.717, 1.165) is 31.6 Å². The van der Waals surface area contributed by atoms with Crippen LogP contribution >= 0.6 is 0 Å². The van der Waals surface area contributed by atoms with Crippen molar-refractivity contribution in [1.29, 1.82) is 0 Å². The Labute approximate surface area is 149 Å². The van der Waals surface area contributed by atoms with Crippen molar-refractivity contribution < 1.29 is 14.3 Å². The largest absolute Gasteiger partial charge is 0.381 e. The first-order chi connectivity index (χ1) is 12.2. The average Bonchev–Trinajstić information content (AvgIpc) is 2.67. The standard InChI is InChI=1S/C20H28N2O3/c1-2-22-18(23)9-8-17(19(22)16-6-4-3-5-7-16)20(24)21-14-15-10-12-25-13-11-15/h3-7,15,17,19H,2,8-14H2,1H3,(H,21,24)/t17-,19+/m1/s1. The molecule has 1 N–H and O–H groups in total. The maximum absolute atomic E-state index is 12.9. The summed E-state index contributed by atoms with van der Waals surface area (Å²) < 4.78 is 5.38. The molecule has 0 saturated carbocycles. The molecule has 5 nitrogen and oxygen atoms in total. The average molecular weight is 344 g/mol. The van der Waals surface area contributed by atoms with Crippen LogP contribution in [0.2, 0.25) is 0 Å². The number of likely N-dealkylation sites (tertiary alicyclic amines) is 1. The fraction of sp³-hybridized carbons (Fsp3) is 0.600. The van der Waals surface area contributed by atoms with Crippen LogP contribution in [0.4, 0.5) is 0 Å². The van der Waals surface area contributed by atoms with Gasteiger partial charge in [0.25, 0.3) is 0 Å². The Balaban J connectivity index is 1.72. The van der Waals surface area contributed by atoms with Crippen molar-refractivity contribution in [2.75, 3.05) is 26.3 Å². The van der Waals surface area contributed by atoms with Gasteiger partial charge in [-0.1, -0.05) is 30.3 Å².